The van der Waals surface area contributed by atoms with Crippen molar-refractivity contribution in [3.05, 3.63) is 66.2 Å². The molecule has 3 aromatic carbocycles. The molecule has 26 heavy (non-hydrogen) atoms. The maximum Gasteiger partial charge on any atom is 0.170 e. The Kier molecular flexibility index (Phi) is 5.92. The Morgan fingerprint density at radius 3 is 2.42 bits per heavy atom. The molecular weight excluding hydrogens is 344 g/mol. The van der Waals surface area contributed by atoms with Crippen molar-refractivity contribution in [2.75, 3.05) is 26.1 Å². The van der Waals surface area contributed by atoms with Gasteiger partial charge in [0.25, 0.3) is 0 Å². The first kappa shape index (κ1) is 18.0. The summed E-state index contributed by atoms with van der Waals surface area (Å²) >= 11 is 5.40. The first-order valence-electron chi connectivity index (χ1n) is 8.44. The highest BCUT2D eigenvalue weighted by Crippen LogP contribution is 2.27. The van der Waals surface area contributed by atoms with Crippen molar-refractivity contribution < 1.29 is 9.47 Å². The van der Waals surface area contributed by atoms with Crippen molar-refractivity contribution in [2.45, 2.75) is 6.42 Å². The van der Waals surface area contributed by atoms with Gasteiger partial charge in [0.15, 0.2) is 16.6 Å². The van der Waals surface area contributed by atoms with E-state index in [1.807, 2.05) is 36.4 Å². The van der Waals surface area contributed by atoms with Crippen molar-refractivity contribution in [3.8, 4) is 11.5 Å². The number of thiocarbonyl (C=S) groups is 1. The normalized spacial score (nSPS) is 10.4. The molecule has 134 valence electrons. The highest BCUT2D eigenvalue weighted by Gasteiger charge is 2.05. The van der Waals surface area contributed by atoms with E-state index in [2.05, 4.69) is 34.9 Å². The van der Waals surface area contributed by atoms with Crippen LogP contribution in [0.1, 0.15) is 5.56 Å². The molecule has 3 rings (SSSR count). The molecule has 0 bridgehead atoms. The molecule has 0 spiro atoms. The van der Waals surface area contributed by atoms with E-state index >= 15 is 0 Å². The zero-order chi connectivity index (χ0) is 18.4. The smallest absolute Gasteiger partial charge is 0.170 e. The first-order valence-corrected chi connectivity index (χ1v) is 8.85. The third kappa shape index (κ3) is 4.43. The minimum absolute atomic E-state index is 0.612. The quantitative estimate of drug-likeness (QED) is 0.634. The average Bonchev–Trinajstić information content (AvgIpc) is 2.67. The first-order chi connectivity index (χ1) is 12.7. The van der Waals surface area contributed by atoms with Crippen molar-refractivity contribution in [3.63, 3.8) is 0 Å². The van der Waals surface area contributed by atoms with Crippen LogP contribution in [0.2, 0.25) is 0 Å². The maximum absolute atomic E-state index is 5.40. The Balaban J connectivity index is 1.53. The van der Waals surface area contributed by atoms with Crippen LogP contribution >= 0.6 is 12.2 Å². The summed E-state index contributed by atoms with van der Waals surface area (Å²) in [5.74, 6) is 1.47. The van der Waals surface area contributed by atoms with E-state index in [0.29, 0.717) is 5.11 Å². The molecule has 0 amide bonds. The van der Waals surface area contributed by atoms with Crippen molar-refractivity contribution in [1.82, 2.24) is 5.32 Å². The molecule has 2 N–H and O–H groups in total. The minimum atomic E-state index is 0.612. The third-order valence-corrected chi connectivity index (χ3v) is 4.40. The maximum atomic E-state index is 5.40. The van der Waals surface area contributed by atoms with E-state index < -0.39 is 0 Å². The van der Waals surface area contributed by atoms with Gasteiger partial charge < -0.3 is 20.1 Å². The second kappa shape index (κ2) is 8.54. The van der Waals surface area contributed by atoms with Gasteiger partial charge >= 0.3 is 0 Å². The van der Waals surface area contributed by atoms with Crippen LogP contribution in [0.4, 0.5) is 5.69 Å². The van der Waals surface area contributed by atoms with Gasteiger partial charge in [-0.15, -0.1) is 0 Å². The van der Waals surface area contributed by atoms with Crippen LogP contribution in [0.25, 0.3) is 10.8 Å². The van der Waals surface area contributed by atoms with E-state index in [4.69, 9.17) is 21.7 Å². The molecule has 0 aliphatic carbocycles. The Bertz CT molecular complexity index is 911. The molecule has 0 heterocycles. The summed E-state index contributed by atoms with van der Waals surface area (Å²) < 4.78 is 10.6. The molecule has 5 heteroatoms. The van der Waals surface area contributed by atoms with E-state index in [0.717, 1.165) is 35.7 Å². The molecule has 0 atom stereocenters. The minimum Gasteiger partial charge on any atom is -0.493 e. The summed E-state index contributed by atoms with van der Waals surface area (Å²) in [5.41, 5.74) is 2.14. The van der Waals surface area contributed by atoms with Gasteiger partial charge in [-0.1, -0.05) is 36.4 Å². The lowest BCUT2D eigenvalue weighted by molar-refractivity contribution is 0.354. The number of methoxy groups -OCH3 is 2. The van der Waals surface area contributed by atoms with Gasteiger partial charge in [-0.3, -0.25) is 0 Å². The number of hydrogen-bond acceptors (Lipinski definition) is 3. The van der Waals surface area contributed by atoms with E-state index in [-0.39, 0.29) is 0 Å². The molecule has 4 nitrogen and oxygen atoms in total. The van der Waals surface area contributed by atoms with Crippen molar-refractivity contribution in [2.24, 2.45) is 0 Å². The Labute approximate surface area is 159 Å². The van der Waals surface area contributed by atoms with E-state index in [1.54, 1.807) is 14.2 Å². The van der Waals surface area contributed by atoms with Gasteiger partial charge in [0.1, 0.15) is 0 Å². The largest absolute Gasteiger partial charge is 0.493 e. The van der Waals surface area contributed by atoms with Crippen LogP contribution in [0, 0.1) is 0 Å². The van der Waals surface area contributed by atoms with Gasteiger partial charge in [-0.05, 0) is 59.2 Å². The van der Waals surface area contributed by atoms with Crippen LogP contribution in [0.15, 0.2) is 60.7 Å². The molecule has 0 saturated heterocycles. The van der Waals surface area contributed by atoms with Gasteiger partial charge in [0.05, 0.1) is 14.2 Å². The van der Waals surface area contributed by atoms with Crippen LogP contribution in [-0.4, -0.2) is 25.9 Å². The summed E-state index contributed by atoms with van der Waals surface area (Å²) in [5, 5.41) is 9.49. The number of benzene rings is 3. The molecular formula is C21H22N2O2S. The fourth-order valence-corrected chi connectivity index (χ4v) is 3.02. The number of ether oxygens (including phenoxy) is 2. The zero-order valence-electron chi connectivity index (χ0n) is 14.9. The molecule has 0 radical (unpaired) electrons. The van der Waals surface area contributed by atoms with Crippen molar-refractivity contribution in [1.29, 1.82) is 0 Å². The Morgan fingerprint density at radius 1 is 0.885 bits per heavy atom. The lowest BCUT2D eigenvalue weighted by atomic mass is 10.1. The fraction of sp³-hybridized carbons (Fsp3) is 0.190. The number of nitrogens with one attached hydrogen (secondary N) is 2. The Hall–Kier alpha value is -2.79. The number of fused-ring (bicyclic) bond motifs is 1. The second-order valence-corrected chi connectivity index (χ2v) is 6.29. The topological polar surface area (TPSA) is 42.5 Å². The van der Waals surface area contributed by atoms with E-state index in [1.165, 1.54) is 10.8 Å². The van der Waals surface area contributed by atoms with Crippen LogP contribution in [0.3, 0.4) is 0 Å². The van der Waals surface area contributed by atoms with E-state index in [9.17, 15) is 0 Å². The second-order valence-electron chi connectivity index (χ2n) is 5.88. The predicted molar refractivity (Wildman–Crippen MR) is 111 cm³/mol. The number of hydrogen-bond donors (Lipinski definition) is 2. The standard InChI is InChI=1S/C21H22N2O2S/c1-24-19-10-7-15(13-20(19)25-2)11-12-22-21(26)23-18-9-8-16-5-3-4-6-17(16)14-18/h3-10,13-14H,11-12H2,1-2H3,(H2,22,23,26). The predicted octanol–water partition coefficient (Wildman–Crippen LogP) is 4.39. The monoisotopic (exact) mass is 366 g/mol. The van der Waals surface area contributed by atoms with Crippen LogP contribution in [0.5, 0.6) is 11.5 Å². The summed E-state index contributed by atoms with van der Waals surface area (Å²) in [6.45, 7) is 0.731. The highest BCUT2D eigenvalue weighted by molar-refractivity contribution is 7.80. The summed E-state index contributed by atoms with van der Waals surface area (Å²) in [6, 6.07) is 20.4. The molecule has 0 aromatic heterocycles. The summed E-state index contributed by atoms with van der Waals surface area (Å²) in [4.78, 5) is 0. The number of anilines is 1. The van der Waals surface area contributed by atoms with Crippen LogP contribution in [-0.2, 0) is 6.42 Å². The molecule has 0 fully saturated rings. The molecule has 0 saturated carbocycles. The van der Waals surface area contributed by atoms with Gasteiger partial charge in [0, 0.05) is 12.2 Å². The number of rotatable bonds is 6. The van der Waals surface area contributed by atoms with Crippen LogP contribution < -0.4 is 20.1 Å². The Morgan fingerprint density at radius 2 is 1.65 bits per heavy atom. The van der Waals surface area contributed by atoms with Crippen molar-refractivity contribution >= 4 is 33.8 Å². The zero-order valence-corrected chi connectivity index (χ0v) is 15.7. The lowest BCUT2D eigenvalue weighted by Gasteiger charge is -2.12. The summed E-state index contributed by atoms with van der Waals surface area (Å²) in [6.07, 6.45) is 0.833. The van der Waals surface area contributed by atoms with Gasteiger partial charge in [0.2, 0.25) is 0 Å². The fourth-order valence-electron chi connectivity index (χ4n) is 2.80. The molecule has 0 aliphatic rings. The SMILES string of the molecule is COc1ccc(CCNC(=S)Nc2ccc3ccccc3c2)cc1OC. The lowest BCUT2D eigenvalue weighted by Crippen LogP contribution is -2.30. The van der Waals surface area contributed by atoms with Gasteiger partial charge in [-0.2, -0.15) is 0 Å². The third-order valence-electron chi connectivity index (χ3n) is 4.15. The van der Waals surface area contributed by atoms with Gasteiger partial charge in [-0.25, -0.2) is 0 Å². The summed E-state index contributed by atoms with van der Waals surface area (Å²) in [7, 11) is 3.28. The molecule has 0 unspecified atom stereocenters. The molecule has 3 aromatic rings. The average molecular weight is 366 g/mol. The highest BCUT2D eigenvalue weighted by atomic mass is 32.1. The molecule has 0 aliphatic heterocycles.